The SMILES string of the molecule is O=C1c2cccn2[C@@H]2CN(Cc3ccco3)C[C@@H]2N1CC1CC1. The molecule has 0 N–H and O–H groups in total. The Morgan fingerprint density at radius 3 is 2.78 bits per heavy atom. The molecule has 1 saturated carbocycles. The van der Waals surface area contributed by atoms with Gasteiger partial charge >= 0.3 is 0 Å². The van der Waals surface area contributed by atoms with Gasteiger partial charge in [-0.25, -0.2) is 0 Å². The molecule has 0 unspecified atom stereocenters. The molecular formula is C18H21N3O2. The quantitative estimate of drug-likeness (QED) is 0.870. The smallest absolute Gasteiger partial charge is 0.270 e. The molecule has 1 amide bonds. The van der Waals surface area contributed by atoms with Crippen LogP contribution in [0.25, 0.3) is 0 Å². The van der Waals surface area contributed by atoms with Crippen molar-refractivity contribution in [2.75, 3.05) is 19.6 Å². The van der Waals surface area contributed by atoms with Crippen molar-refractivity contribution in [2.45, 2.75) is 31.5 Å². The average Bonchev–Trinajstić information content (AvgIpc) is 2.99. The van der Waals surface area contributed by atoms with Crippen LogP contribution in [0.5, 0.6) is 0 Å². The summed E-state index contributed by atoms with van der Waals surface area (Å²) in [7, 11) is 0. The molecule has 0 aromatic carbocycles. The van der Waals surface area contributed by atoms with Crippen LogP contribution >= 0.6 is 0 Å². The van der Waals surface area contributed by atoms with E-state index in [2.05, 4.69) is 20.6 Å². The van der Waals surface area contributed by atoms with Crippen LogP contribution in [0.15, 0.2) is 41.1 Å². The molecule has 5 nitrogen and oxygen atoms in total. The third kappa shape index (κ3) is 2.22. The molecule has 120 valence electrons. The van der Waals surface area contributed by atoms with Crippen molar-refractivity contribution < 1.29 is 9.21 Å². The second-order valence-corrected chi connectivity index (χ2v) is 7.11. The molecule has 2 aliphatic heterocycles. The molecule has 2 aromatic heterocycles. The Bertz CT molecular complexity index is 716. The second-order valence-electron chi connectivity index (χ2n) is 7.11. The molecule has 0 spiro atoms. The highest BCUT2D eigenvalue weighted by molar-refractivity contribution is 5.94. The van der Waals surface area contributed by atoms with E-state index in [-0.39, 0.29) is 11.9 Å². The van der Waals surface area contributed by atoms with E-state index in [0.29, 0.717) is 6.04 Å². The summed E-state index contributed by atoms with van der Waals surface area (Å²) in [5, 5.41) is 0. The van der Waals surface area contributed by atoms with Crippen molar-refractivity contribution in [3.8, 4) is 0 Å². The van der Waals surface area contributed by atoms with Gasteiger partial charge in [-0.05, 0) is 43.0 Å². The summed E-state index contributed by atoms with van der Waals surface area (Å²) in [5.41, 5.74) is 0.853. The van der Waals surface area contributed by atoms with Crippen LogP contribution in [-0.4, -0.2) is 46.0 Å². The second kappa shape index (κ2) is 4.99. The van der Waals surface area contributed by atoms with Crippen LogP contribution in [0.4, 0.5) is 0 Å². The maximum absolute atomic E-state index is 12.9. The molecule has 5 rings (SSSR count). The van der Waals surface area contributed by atoms with Crippen molar-refractivity contribution in [2.24, 2.45) is 5.92 Å². The molecule has 2 fully saturated rings. The standard InChI is InChI=1S/C18H21N3O2/c22-18-15-4-1-7-20(15)16-11-19(10-14-3-2-8-23-14)12-17(16)21(18)9-13-5-6-13/h1-4,7-8,13,16-17H,5-6,9-12H2/t16-,17+/m1/s1. The number of hydrogen-bond acceptors (Lipinski definition) is 3. The Morgan fingerprint density at radius 2 is 2.00 bits per heavy atom. The molecule has 1 aliphatic carbocycles. The van der Waals surface area contributed by atoms with E-state index in [1.54, 1.807) is 6.26 Å². The number of aromatic nitrogens is 1. The van der Waals surface area contributed by atoms with Gasteiger partial charge in [0.1, 0.15) is 11.5 Å². The van der Waals surface area contributed by atoms with Gasteiger partial charge in [-0.2, -0.15) is 0 Å². The van der Waals surface area contributed by atoms with E-state index in [1.165, 1.54) is 12.8 Å². The Balaban J connectivity index is 1.43. The number of nitrogens with zero attached hydrogens (tertiary/aromatic N) is 3. The van der Waals surface area contributed by atoms with Gasteiger partial charge in [-0.1, -0.05) is 0 Å². The number of amides is 1. The first-order valence-electron chi connectivity index (χ1n) is 8.52. The largest absolute Gasteiger partial charge is 0.468 e. The number of carbonyl (C=O) groups is 1. The van der Waals surface area contributed by atoms with Crippen molar-refractivity contribution in [1.82, 2.24) is 14.4 Å². The third-order valence-corrected chi connectivity index (χ3v) is 5.46. The van der Waals surface area contributed by atoms with E-state index < -0.39 is 0 Å². The number of hydrogen-bond donors (Lipinski definition) is 0. The number of rotatable bonds is 4. The molecule has 5 heteroatoms. The zero-order valence-electron chi connectivity index (χ0n) is 13.1. The van der Waals surface area contributed by atoms with Crippen LogP contribution in [0.3, 0.4) is 0 Å². The molecule has 0 bridgehead atoms. The third-order valence-electron chi connectivity index (χ3n) is 5.46. The highest BCUT2D eigenvalue weighted by Gasteiger charge is 2.46. The lowest BCUT2D eigenvalue weighted by Crippen LogP contribution is -2.51. The fourth-order valence-electron chi connectivity index (χ4n) is 4.14. The summed E-state index contributed by atoms with van der Waals surface area (Å²) in [4.78, 5) is 17.4. The van der Waals surface area contributed by atoms with Gasteiger partial charge in [-0.3, -0.25) is 9.69 Å². The molecule has 1 saturated heterocycles. The van der Waals surface area contributed by atoms with Gasteiger partial charge in [0.05, 0.1) is 24.9 Å². The minimum absolute atomic E-state index is 0.211. The Hall–Kier alpha value is -2.01. The monoisotopic (exact) mass is 311 g/mol. The van der Waals surface area contributed by atoms with E-state index in [0.717, 1.165) is 43.6 Å². The summed E-state index contributed by atoms with van der Waals surface area (Å²) in [6, 6.07) is 8.58. The first-order valence-corrected chi connectivity index (χ1v) is 8.52. The summed E-state index contributed by atoms with van der Waals surface area (Å²) in [6.07, 6.45) is 6.35. The number of furan rings is 1. The van der Waals surface area contributed by atoms with Gasteiger partial charge < -0.3 is 13.9 Å². The van der Waals surface area contributed by atoms with Crippen molar-refractivity contribution in [3.63, 3.8) is 0 Å². The summed E-state index contributed by atoms with van der Waals surface area (Å²) >= 11 is 0. The first kappa shape index (κ1) is 13.4. The number of likely N-dealkylation sites (tertiary alicyclic amines) is 1. The fraction of sp³-hybridized carbons (Fsp3) is 0.500. The normalized spacial score (nSPS) is 27.3. The van der Waals surface area contributed by atoms with Crippen molar-refractivity contribution >= 4 is 5.91 Å². The highest BCUT2D eigenvalue weighted by Crippen LogP contribution is 2.38. The minimum atomic E-state index is 0.211. The van der Waals surface area contributed by atoms with Crippen LogP contribution in [0.1, 0.15) is 35.1 Å². The van der Waals surface area contributed by atoms with E-state index in [9.17, 15) is 4.79 Å². The van der Waals surface area contributed by atoms with Crippen molar-refractivity contribution in [3.05, 3.63) is 48.2 Å². The lowest BCUT2D eigenvalue weighted by atomic mass is 10.1. The lowest BCUT2D eigenvalue weighted by molar-refractivity contribution is 0.0565. The van der Waals surface area contributed by atoms with E-state index in [4.69, 9.17) is 4.42 Å². The highest BCUT2D eigenvalue weighted by atomic mass is 16.3. The van der Waals surface area contributed by atoms with Gasteiger partial charge in [0, 0.05) is 25.8 Å². The van der Waals surface area contributed by atoms with Gasteiger partial charge in [-0.15, -0.1) is 0 Å². The van der Waals surface area contributed by atoms with Crippen LogP contribution in [-0.2, 0) is 6.54 Å². The fourth-order valence-corrected chi connectivity index (χ4v) is 4.14. The van der Waals surface area contributed by atoms with Crippen molar-refractivity contribution in [1.29, 1.82) is 0 Å². The lowest BCUT2D eigenvalue weighted by Gasteiger charge is -2.38. The van der Waals surface area contributed by atoms with Gasteiger partial charge in [0.25, 0.3) is 5.91 Å². The maximum atomic E-state index is 12.9. The molecule has 2 atom stereocenters. The van der Waals surface area contributed by atoms with Crippen LogP contribution < -0.4 is 0 Å². The van der Waals surface area contributed by atoms with Gasteiger partial charge in [0.2, 0.25) is 0 Å². The predicted octanol–water partition coefficient (Wildman–Crippen LogP) is 2.37. The van der Waals surface area contributed by atoms with Gasteiger partial charge in [0.15, 0.2) is 0 Å². The predicted molar refractivity (Wildman–Crippen MR) is 85.0 cm³/mol. The average molecular weight is 311 g/mol. The summed E-state index contributed by atoms with van der Waals surface area (Å²) in [5.74, 6) is 1.93. The topological polar surface area (TPSA) is 41.6 Å². The molecule has 3 aliphatic rings. The Labute approximate surface area is 135 Å². The Morgan fingerprint density at radius 1 is 1.13 bits per heavy atom. The zero-order chi connectivity index (χ0) is 15.4. The summed E-state index contributed by atoms with van der Waals surface area (Å²) < 4.78 is 7.69. The van der Waals surface area contributed by atoms with Crippen LogP contribution in [0.2, 0.25) is 0 Å². The summed E-state index contributed by atoms with van der Waals surface area (Å²) in [6.45, 7) is 3.66. The molecule has 0 radical (unpaired) electrons. The number of carbonyl (C=O) groups excluding carboxylic acids is 1. The maximum Gasteiger partial charge on any atom is 0.270 e. The Kier molecular flexibility index (Phi) is 2.92. The number of fused-ring (bicyclic) bond motifs is 3. The van der Waals surface area contributed by atoms with E-state index >= 15 is 0 Å². The molecule has 4 heterocycles. The molecule has 2 aromatic rings. The molecule has 23 heavy (non-hydrogen) atoms. The zero-order valence-corrected chi connectivity index (χ0v) is 13.1. The van der Waals surface area contributed by atoms with Crippen LogP contribution in [0, 0.1) is 5.92 Å². The first-order chi connectivity index (χ1) is 11.3. The molecular weight excluding hydrogens is 290 g/mol. The van der Waals surface area contributed by atoms with E-state index in [1.807, 2.05) is 24.3 Å². The minimum Gasteiger partial charge on any atom is -0.468 e.